The number of rotatable bonds is 7. The molecule has 216 valence electrons. The summed E-state index contributed by atoms with van der Waals surface area (Å²) in [5, 5.41) is 5.00. The van der Waals surface area contributed by atoms with E-state index in [0.717, 1.165) is 35.0 Å². The van der Waals surface area contributed by atoms with Gasteiger partial charge in [-0.05, 0) is 55.3 Å². The van der Waals surface area contributed by atoms with Crippen molar-refractivity contribution in [3.05, 3.63) is 48.3 Å². The van der Waals surface area contributed by atoms with Crippen LogP contribution in [0.4, 0.5) is 33.7 Å². The first-order valence-corrected chi connectivity index (χ1v) is 14.1. The van der Waals surface area contributed by atoms with Crippen LogP contribution in [0.1, 0.15) is 32.6 Å². The third-order valence-electron chi connectivity index (χ3n) is 7.54. The predicted octanol–water partition coefficient (Wildman–Crippen LogP) is 4.59. The van der Waals surface area contributed by atoms with Crippen molar-refractivity contribution in [2.24, 2.45) is 11.8 Å². The van der Waals surface area contributed by atoms with Gasteiger partial charge >= 0.3 is 12.3 Å². The maximum absolute atomic E-state index is 13.6. The Balaban J connectivity index is 1.40. The average Bonchev–Trinajstić information content (AvgIpc) is 3.18. The summed E-state index contributed by atoms with van der Waals surface area (Å²) in [4.78, 5) is 24.0. The summed E-state index contributed by atoms with van der Waals surface area (Å²) in [6.45, 7) is 1.08. The Bertz CT molecular complexity index is 1410. The van der Waals surface area contributed by atoms with E-state index in [2.05, 4.69) is 10.6 Å². The molecule has 2 saturated carbocycles. The topological polar surface area (TPSA) is 114 Å². The monoisotopic (exact) mass is 585 g/mol. The van der Waals surface area contributed by atoms with E-state index in [-0.39, 0.29) is 52.9 Å². The molecule has 14 heteroatoms. The number of carbonyl (C=O) groups is 2. The van der Waals surface area contributed by atoms with Gasteiger partial charge in [0.2, 0.25) is 5.91 Å². The molecular weight excluding hydrogens is 558 g/mol. The van der Waals surface area contributed by atoms with Crippen LogP contribution in [-0.4, -0.2) is 51.4 Å². The molecule has 0 radical (unpaired) electrons. The first kappa shape index (κ1) is 28.0. The summed E-state index contributed by atoms with van der Waals surface area (Å²) in [7, 11) is -4.25. The number of hydrogen-bond donors (Lipinski definition) is 2. The van der Waals surface area contributed by atoms with E-state index in [9.17, 15) is 35.6 Å². The first-order chi connectivity index (χ1) is 18.8. The highest BCUT2D eigenvalue weighted by molar-refractivity contribution is 7.92. The van der Waals surface area contributed by atoms with Crippen molar-refractivity contribution in [1.82, 2.24) is 5.32 Å². The fraction of sp³-hybridized carbons (Fsp3) is 0.462. The Morgan fingerprint density at radius 1 is 1.12 bits per heavy atom. The van der Waals surface area contributed by atoms with Crippen LogP contribution < -0.4 is 19.7 Å². The van der Waals surface area contributed by atoms with Crippen LogP contribution >= 0.6 is 0 Å². The number of alkyl halides is 3. The van der Waals surface area contributed by atoms with Crippen molar-refractivity contribution in [3.8, 4) is 5.75 Å². The zero-order chi connectivity index (χ0) is 28.9. The Kier molecular flexibility index (Phi) is 7.09. The number of carbonyl (C=O) groups excluding carboxylic acids is 2. The van der Waals surface area contributed by atoms with Gasteiger partial charge in [-0.3, -0.25) is 14.4 Å². The zero-order valence-corrected chi connectivity index (χ0v) is 22.1. The number of halogens is 4. The highest BCUT2D eigenvalue weighted by Crippen LogP contribution is 2.66. The number of fused-ring (bicyclic) bond motifs is 2. The summed E-state index contributed by atoms with van der Waals surface area (Å²) in [6, 6.07) is 8.31. The quantitative estimate of drug-likeness (QED) is 0.460. The maximum Gasteiger partial charge on any atom is 0.412 e. The van der Waals surface area contributed by atoms with Gasteiger partial charge in [-0.1, -0.05) is 6.42 Å². The van der Waals surface area contributed by atoms with Crippen molar-refractivity contribution in [2.75, 3.05) is 22.7 Å². The second kappa shape index (κ2) is 10.1. The number of anilines is 2. The molecule has 2 N–H and O–H groups in total. The molecule has 3 unspecified atom stereocenters. The number of nitrogens with zero attached hydrogens (tertiary/aromatic N) is 1. The van der Waals surface area contributed by atoms with Crippen LogP contribution in [0, 0.1) is 17.7 Å². The first-order valence-electron chi connectivity index (χ1n) is 12.7. The van der Waals surface area contributed by atoms with E-state index in [0.29, 0.717) is 12.8 Å². The third-order valence-corrected chi connectivity index (χ3v) is 9.33. The molecule has 2 aliphatic carbocycles. The van der Waals surface area contributed by atoms with Crippen LogP contribution in [0.2, 0.25) is 0 Å². The normalized spacial score (nSPS) is 25.3. The van der Waals surface area contributed by atoms with Gasteiger partial charge in [-0.25, -0.2) is 17.6 Å². The number of ether oxygens (including phenoxy) is 2. The average molecular weight is 586 g/mol. The lowest BCUT2D eigenvalue weighted by Crippen LogP contribution is -2.48. The molecule has 3 aliphatic rings. The van der Waals surface area contributed by atoms with Gasteiger partial charge in [-0.15, -0.1) is 0 Å². The lowest BCUT2D eigenvalue weighted by Gasteiger charge is -2.35. The summed E-state index contributed by atoms with van der Waals surface area (Å²) in [5.41, 5.74) is -1.48. The SMILES string of the molecule is CC(=O)NCC1CN(S(=O)(=O)c2ccc(F)cc2)c2cc(NC(=O)OC3(CC(F)(F)F)C4CCCC43)ccc2O1. The highest BCUT2D eigenvalue weighted by Gasteiger charge is 2.72. The van der Waals surface area contributed by atoms with Crippen LogP contribution in [0.3, 0.4) is 0 Å². The summed E-state index contributed by atoms with van der Waals surface area (Å²) >= 11 is 0. The van der Waals surface area contributed by atoms with E-state index in [1.54, 1.807) is 0 Å². The van der Waals surface area contributed by atoms with E-state index in [1.807, 2.05) is 0 Å². The molecule has 5 rings (SSSR count). The number of sulfonamides is 1. The molecule has 0 spiro atoms. The van der Waals surface area contributed by atoms with Gasteiger partial charge in [0, 0.05) is 24.4 Å². The minimum Gasteiger partial charge on any atom is -0.484 e. The summed E-state index contributed by atoms with van der Waals surface area (Å²) in [6.07, 6.45) is -5.68. The van der Waals surface area contributed by atoms with E-state index >= 15 is 0 Å². The minimum absolute atomic E-state index is 0.000159. The third kappa shape index (κ3) is 5.54. The largest absolute Gasteiger partial charge is 0.484 e. The van der Waals surface area contributed by atoms with Crippen molar-refractivity contribution in [1.29, 1.82) is 0 Å². The summed E-state index contributed by atoms with van der Waals surface area (Å²) < 4.78 is 92.7. The Hall–Kier alpha value is -3.55. The number of amides is 2. The molecule has 1 aliphatic heterocycles. The van der Waals surface area contributed by atoms with Crippen molar-refractivity contribution in [2.45, 2.75) is 55.4 Å². The lowest BCUT2D eigenvalue weighted by atomic mass is 10.0. The van der Waals surface area contributed by atoms with Gasteiger partial charge in [0.05, 0.1) is 30.1 Å². The number of benzene rings is 2. The Labute approximate surface area is 227 Å². The van der Waals surface area contributed by atoms with Gasteiger partial charge in [0.25, 0.3) is 10.0 Å². The standard InChI is InChI=1S/C26H27F4N3O6S/c1-15(34)31-12-18-13-33(40(36,37)19-8-5-16(27)6-9-19)22-11-17(7-10-23(22)38-18)32-24(35)39-25(14-26(28,29)30)20-3-2-4-21(20)25/h5-11,18,20-21H,2-4,12-14H2,1H3,(H,31,34)(H,32,35). The van der Waals surface area contributed by atoms with Gasteiger partial charge in [0.1, 0.15) is 23.3 Å². The fourth-order valence-corrected chi connectivity index (χ4v) is 7.32. The van der Waals surface area contributed by atoms with Crippen molar-refractivity contribution in [3.63, 3.8) is 0 Å². The minimum atomic E-state index is -4.50. The van der Waals surface area contributed by atoms with Crippen LogP contribution in [-0.2, 0) is 19.6 Å². The summed E-state index contributed by atoms with van der Waals surface area (Å²) in [5.74, 6) is -1.53. The molecule has 40 heavy (non-hydrogen) atoms. The lowest BCUT2D eigenvalue weighted by molar-refractivity contribution is -0.162. The fourth-order valence-electron chi connectivity index (χ4n) is 5.82. The molecular formula is C26H27F4N3O6S. The molecule has 2 aromatic rings. The van der Waals surface area contributed by atoms with Gasteiger partial charge in [-0.2, -0.15) is 13.2 Å². The van der Waals surface area contributed by atoms with Gasteiger partial charge < -0.3 is 14.8 Å². The van der Waals surface area contributed by atoms with Gasteiger partial charge in [0.15, 0.2) is 0 Å². The molecule has 0 aromatic heterocycles. The predicted molar refractivity (Wildman–Crippen MR) is 135 cm³/mol. The molecule has 2 amide bonds. The molecule has 0 saturated heterocycles. The Morgan fingerprint density at radius 2 is 1.80 bits per heavy atom. The van der Waals surface area contributed by atoms with Crippen molar-refractivity contribution < 1.29 is 45.0 Å². The molecule has 3 atom stereocenters. The number of hydrogen-bond acceptors (Lipinski definition) is 6. The molecule has 2 fully saturated rings. The van der Waals surface area contributed by atoms with Crippen molar-refractivity contribution >= 4 is 33.4 Å². The molecule has 1 heterocycles. The van der Waals surface area contributed by atoms with Crippen LogP contribution in [0.5, 0.6) is 5.75 Å². The maximum atomic E-state index is 13.6. The second-order valence-electron chi connectivity index (χ2n) is 10.3. The molecule has 9 nitrogen and oxygen atoms in total. The van der Waals surface area contributed by atoms with E-state index < -0.39 is 46.2 Å². The zero-order valence-electron chi connectivity index (χ0n) is 21.3. The van der Waals surface area contributed by atoms with E-state index in [1.165, 1.54) is 25.1 Å². The second-order valence-corrected chi connectivity index (χ2v) is 12.1. The Morgan fingerprint density at radius 3 is 2.42 bits per heavy atom. The molecule has 0 bridgehead atoms. The molecule has 2 aromatic carbocycles. The van der Waals surface area contributed by atoms with Crippen LogP contribution in [0.25, 0.3) is 0 Å². The highest BCUT2D eigenvalue weighted by atomic mass is 32.2. The number of nitrogens with one attached hydrogen (secondary N) is 2. The van der Waals surface area contributed by atoms with E-state index in [4.69, 9.17) is 9.47 Å². The van der Waals surface area contributed by atoms with Crippen LogP contribution in [0.15, 0.2) is 47.4 Å². The smallest absolute Gasteiger partial charge is 0.412 e.